The summed E-state index contributed by atoms with van der Waals surface area (Å²) in [6.07, 6.45) is 6.85. The van der Waals surface area contributed by atoms with Crippen LogP contribution in [0.3, 0.4) is 0 Å². The maximum absolute atomic E-state index is 12.9. The minimum absolute atomic E-state index is 0.146. The molecule has 3 rings (SSSR count). The lowest BCUT2D eigenvalue weighted by atomic mass is 10.0. The lowest BCUT2D eigenvalue weighted by Crippen LogP contribution is -2.57. The molecule has 2 aliphatic rings. The average Bonchev–Trinajstić information content (AvgIpc) is 2.81. The Morgan fingerprint density at radius 3 is 2.57 bits per heavy atom. The zero-order valence-corrected chi connectivity index (χ0v) is 14.6. The molecule has 1 heterocycles. The Morgan fingerprint density at radius 1 is 1.22 bits per heavy atom. The van der Waals surface area contributed by atoms with Crippen LogP contribution in [-0.2, 0) is 9.59 Å². The summed E-state index contributed by atoms with van der Waals surface area (Å²) in [4.78, 5) is 28.3. The first-order valence-electron chi connectivity index (χ1n) is 8.39. The van der Waals surface area contributed by atoms with Gasteiger partial charge in [-0.05, 0) is 31.9 Å². The second-order valence-corrected chi connectivity index (χ2v) is 8.09. The average molecular weight is 332 g/mol. The van der Waals surface area contributed by atoms with Crippen molar-refractivity contribution in [3.05, 3.63) is 24.3 Å². The summed E-state index contributed by atoms with van der Waals surface area (Å²) in [6.45, 7) is 1.75. The van der Waals surface area contributed by atoms with Crippen LogP contribution in [0.5, 0.6) is 0 Å². The normalized spacial score (nSPS) is 25.7. The Balaban J connectivity index is 1.80. The van der Waals surface area contributed by atoms with Crippen LogP contribution in [0.15, 0.2) is 29.2 Å². The number of thioether (sulfide) groups is 1. The van der Waals surface area contributed by atoms with Gasteiger partial charge in [-0.1, -0.05) is 49.6 Å². The summed E-state index contributed by atoms with van der Waals surface area (Å²) < 4.78 is -1.09. The molecule has 1 unspecified atom stereocenters. The van der Waals surface area contributed by atoms with Crippen LogP contribution in [0.1, 0.15) is 45.4 Å². The van der Waals surface area contributed by atoms with E-state index in [9.17, 15) is 9.59 Å². The lowest BCUT2D eigenvalue weighted by Gasteiger charge is -2.37. The second kappa shape index (κ2) is 6.56. The van der Waals surface area contributed by atoms with Crippen molar-refractivity contribution in [2.24, 2.45) is 0 Å². The van der Waals surface area contributed by atoms with Gasteiger partial charge in [0, 0.05) is 18.0 Å². The van der Waals surface area contributed by atoms with Gasteiger partial charge in [-0.2, -0.15) is 0 Å². The third-order valence-electron chi connectivity index (χ3n) is 4.88. The van der Waals surface area contributed by atoms with Gasteiger partial charge in [0.15, 0.2) is 4.75 Å². The van der Waals surface area contributed by atoms with E-state index in [-0.39, 0.29) is 17.9 Å². The van der Waals surface area contributed by atoms with E-state index in [1.807, 2.05) is 24.3 Å². The maximum Gasteiger partial charge on any atom is 0.252 e. The summed E-state index contributed by atoms with van der Waals surface area (Å²) in [5.74, 6) is -0.298. The first kappa shape index (κ1) is 16.4. The highest BCUT2D eigenvalue weighted by Gasteiger charge is 2.48. The van der Waals surface area contributed by atoms with Gasteiger partial charge in [0.05, 0.1) is 5.69 Å². The van der Waals surface area contributed by atoms with Crippen LogP contribution in [0.25, 0.3) is 0 Å². The summed E-state index contributed by atoms with van der Waals surface area (Å²) in [6, 6.07) is 7.96. The van der Waals surface area contributed by atoms with Gasteiger partial charge in [0.1, 0.15) is 0 Å². The van der Waals surface area contributed by atoms with Crippen molar-refractivity contribution >= 4 is 29.3 Å². The second-order valence-electron chi connectivity index (χ2n) is 6.63. The van der Waals surface area contributed by atoms with Gasteiger partial charge in [0.2, 0.25) is 5.91 Å². The van der Waals surface area contributed by atoms with E-state index in [0.717, 1.165) is 36.3 Å². The van der Waals surface area contributed by atoms with E-state index in [1.165, 1.54) is 24.6 Å². The predicted octanol–water partition coefficient (Wildman–Crippen LogP) is 3.35. The largest absolute Gasteiger partial charge is 0.352 e. The molecular formula is C18H24N2O2S. The third kappa shape index (κ3) is 3.11. The van der Waals surface area contributed by atoms with Crippen molar-refractivity contribution < 1.29 is 9.59 Å². The smallest absolute Gasteiger partial charge is 0.252 e. The van der Waals surface area contributed by atoms with Crippen LogP contribution < -0.4 is 10.2 Å². The molecule has 0 saturated heterocycles. The molecule has 23 heavy (non-hydrogen) atoms. The van der Waals surface area contributed by atoms with E-state index in [4.69, 9.17) is 0 Å². The molecule has 1 aromatic carbocycles. The topological polar surface area (TPSA) is 49.4 Å². The number of rotatable bonds is 2. The van der Waals surface area contributed by atoms with Crippen LogP contribution >= 0.6 is 11.8 Å². The predicted molar refractivity (Wildman–Crippen MR) is 93.7 cm³/mol. The summed E-state index contributed by atoms with van der Waals surface area (Å²) in [7, 11) is 1.75. The summed E-state index contributed by atoms with van der Waals surface area (Å²) in [5.41, 5.74) is 0.877. The number of nitrogens with zero attached hydrogens (tertiary/aromatic N) is 1. The van der Waals surface area contributed by atoms with Crippen molar-refractivity contribution in [3.8, 4) is 0 Å². The molecule has 2 amide bonds. The van der Waals surface area contributed by atoms with Crippen LogP contribution in [-0.4, -0.2) is 29.7 Å². The van der Waals surface area contributed by atoms with E-state index in [0.29, 0.717) is 0 Å². The summed E-state index contributed by atoms with van der Waals surface area (Å²) >= 11 is 1.37. The first-order valence-corrected chi connectivity index (χ1v) is 9.21. The van der Waals surface area contributed by atoms with Gasteiger partial charge in [-0.3, -0.25) is 9.59 Å². The molecule has 4 nitrogen and oxygen atoms in total. The van der Waals surface area contributed by atoms with Gasteiger partial charge in [-0.15, -0.1) is 0 Å². The van der Waals surface area contributed by atoms with Crippen molar-refractivity contribution in [1.82, 2.24) is 5.32 Å². The van der Waals surface area contributed by atoms with Gasteiger partial charge in [0.25, 0.3) is 5.91 Å². The third-order valence-corrected chi connectivity index (χ3v) is 6.21. The van der Waals surface area contributed by atoms with Crippen molar-refractivity contribution in [1.29, 1.82) is 0 Å². The number of anilines is 1. The fraction of sp³-hybridized carbons (Fsp3) is 0.556. The first-order chi connectivity index (χ1) is 11.0. The van der Waals surface area contributed by atoms with Crippen LogP contribution in [0, 0.1) is 0 Å². The molecule has 0 radical (unpaired) electrons. The molecule has 1 atom stereocenters. The number of hydrogen-bond donors (Lipinski definition) is 1. The Morgan fingerprint density at radius 2 is 1.87 bits per heavy atom. The fourth-order valence-electron chi connectivity index (χ4n) is 3.40. The SMILES string of the molecule is CN1C(=O)C(C)(C(=O)NC2CCCCCC2)Sc2ccccc21. The number of amides is 2. The molecule has 1 fully saturated rings. The number of nitrogens with one attached hydrogen (secondary N) is 1. The highest BCUT2D eigenvalue weighted by molar-refractivity contribution is 8.02. The van der Waals surface area contributed by atoms with Crippen LogP contribution in [0.2, 0.25) is 0 Å². The van der Waals surface area contributed by atoms with E-state index in [2.05, 4.69) is 5.32 Å². The molecule has 1 aliphatic heterocycles. The molecule has 5 heteroatoms. The monoisotopic (exact) mass is 332 g/mol. The Kier molecular flexibility index (Phi) is 4.67. The number of benzene rings is 1. The van der Waals surface area contributed by atoms with Crippen molar-refractivity contribution in [3.63, 3.8) is 0 Å². The van der Waals surface area contributed by atoms with Crippen molar-refractivity contribution in [2.45, 2.75) is 61.1 Å². The maximum atomic E-state index is 12.9. The number of para-hydroxylation sites is 1. The van der Waals surface area contributed by atoms with Gasteiger partial charge >= 0.3 is 0 Å². The summed E-state index contributed by atoms with van der Waals surface area (Å²) in [5, 5.41) is 3.14. The van der Waals surface area contributed by atoms with E-state index < -0.39 is 4.75 Å². The zero-order valence-electron chi connectivity index (χ0n) is 13.8. The molecule has 124 valence electrons. The Hall–Kier alpha value is -1.49. The number of carbonyl (C=O) groups excluding carboxylic acids is 2. The Labute approximate surface area is 142 Å². The van der Waals surface area contributed by atoms with Gasteiger partial charge < -0.3 is 10.2 Å². The fourth-order valence-corrected chi connectivity index (χ4v) is 4.68. The number of hydrogen-bond acceptors (Lipinski definition) is 3. The highest BCUT2D eigenvalue weighted by Crippen LogP contribution is 2.44. The lowest BCUT2D eigenvalue weighted by molar-refractivity contribution is -0.131. The van der Waals surface area contributed by atoms with E-state index in [1.54, 1.807) is 18.9 Å². The highest BCUT2D eigenvalue weighted by atomic mass is 32.2. The number of fused-ring (bicyclic) bond motifs is 1. The molecule has 0 bridgehead atoms. The molecule has 1 aliphatic carbocycles. The standard InChI is InChI=1S/C18H24N2O2S/c1-18(16(21)19-13-9-5-3-4-6-10-13)17(22)20(2)14-11-7-8-12-15(14)23-18/h7-8,11-13H,3-6,9-10H2,1-2H3,(H,19,21). The van der Waals surface area contributed by atoms with E-state index >= 15 is 0 Å². The van der Waals surface area contributed by atoms with Gasteiger partial charge in [-0.25, -0.2) is 0 Å². The molecule has 0 spiro atoms. The molecule has 1 N–H and O–H groups in total. The number of carbonyl (C=O) groups is 2. The molecule has 1 saturated carbocycles. The quantitative estimate of drug-likeness (QED) is 0.667. The molecule has 0 aromatic heterocycles. The minimum atomic E-state index is -1.09. The van der Waals surface area contributed by atoms with Crippen molar-refractivity contribution in [2.75, 3.05) is 11.9 Å². The van der Waals surface area contributed by atoms with Crippen LogP contribution in [0.4, 0.5) is 5.69 Å². The molecular weight excluding hydrogens is 308 g/mol. The minimum Gasteiger partial charge on any atom is -0.352 e. The molecule has 1 aromatic rings. The Bertz CT molecular complexity index is 611. The zero-order chi connectivity index (χ0) is 16.4.